The van der Waals surface area contributed by atoms with Crippen molar-refractivity contribution >= 4 is 23.7 Å². The first-order valence-electron chi connectivity index (χ1n) is 24.0. The van der Waals surface area contributed by atoms with Crippen LogP contribution in [0.5, 0.6) is 5.75 Å². The van der Waals surface area contributed by atoms with Crippen molar-refractivity contribution in [3.8, 4) is 5.75 Å². The number of aldehydes is 1. The van der Waals surface area contributed by atoms with Gasteiger partial charge in [-0.05, 0) is 115 Å². The summed E-state index contributed by atoms with van der Waals surface area (Å²) in [5.41, 5.74) is 1.57. The lowest BCUT2D eigenvalue weighted by atomic mass is 9.38. The molecule has 1 aromatic heterocycles. The van der Waals surface area contributed by atoms with Crippen LogP contribution in [-0.4, -0.2) is 64.6 Å². The average Bonchev–Trinajstić information content (AvgIpc) is 4.10. The summed E-state index contributed by atoms with van der Waals surface area (Å²) in [5, 5.41) is 29.1. The van der Waals surface area contributed by atoms with Gasteiger partial charge >= 0.3 is 0 Å². The standard InChI is InChI=1S/C44H62N2O6.C3H6.C3H8.C2H6.CH4O/c1-25(2)37-34(49)22-44(39(50)40(45-10)52-28(5)33-13-11-29(48)23-46-33)20-16-32-30(38(37)44)12-14-36-42(8)19-17-35(51-26(3)21-41(6,7)24-47)27(4)31(42)15-18-43(32,36)9;1-2-3-1;1-3-2;2*1-2/h11,13,23-25,27,30-32,35-36,39,48,50H,3,5,12,14-22H2,1-2,4,6-10H3;1-3H2;3H2,1-2H3;1-2H3;2H,1H3. The fourth-order valence-electron chi connectivity index (χ4n) is 12.4. The zero-order valence-electron chi connectivity index (χ0n) is 41.1. The van der Waals surface area contributed by atoms with Gasteiger partial charge in [0.1, 0.15) is 35.7 Å². The van der Waals surface area contributed by atoms with Crippen molar-refractivity contribution in [1.29, 1.82) is 0 Å². The predicted octanol–water partition coefficient (Wildman–Crippen LogP) is 12.1. The van der Waals surface area contributed by atoms with Gasteiger partial charge in [-0.15, -0.1) is 0 Å². The van der Waals surface area contributed by atoms with E-state index in [1.165, 1.54) is 43.5 Å². The largest absolute Gasteiger partial charge is 0.506 e. The fourth-order valence-corrected chi connectivity index (χ4v) is 12.4. The number of aromatic nitrogens is 1. The molecule has 0 radical (unpaired) electrons. The molecule has 0 aromatic carbocycles. The minimum atomic E-state index is -1.11. The van der Waals surface area contributed by atoms with Crippen LogP contribution in [0, 0.1) is 57.2 Å². The number of pyridine rings is 1. The number of fused-ring (bicyclic) bond motifs is 7. The second-order valence-corrected chi connectivity index (χ2v) is 20.3. The predicted molar refractivity (Wildman–Crippen MR) is 253 cm³/mol. The van der Waals surface area contributed by atoms with E-state index in [1.807, 2.05) is 27.7 Å². The number of hydrogen-bond donors (Lipinski definition) is 3. The molecule has 0 spiro atoms. The second-order valence-electron chi connectivity index (χ2n) is 20.3. The molecule has 0 bridgehead atoms. The highest BCUT2D eigenvalue weighted by molar-refractivity contribution is 6.02. The molecule has 7 rings (SSSR count). The van der Waals surface area contributed by atoms with E-state index in [1.54, 1.807) is 13.1 Å². The topological polar surface area (TPSA) is 139 Å². The quantitative estimate of drug-likeness (QED) is 0.0915. The van der Waals surface area contributed by atoms with E-state index in [-0.39, 0.29) is 58.4 Å². The van der Waals surface area contributed by atoms with E-state index < -0.39 is 16.9 Å². The van der Waals surface area contributed by atoms with Crippen LogP contribution in [0.2, 0.25) is 0 Å². The molecule has 0 aliphatic heterocycles. The van der Waals surface area contributed by atoms with E-state index in [0.717, 1.165) is 69.7 Å². The Morgan fingerprint density at radius 1 is 0.984 bits per heavy atom. The van der Waals surface area contributed by atoms with Gasteiger partial charge < -0.3 is 29.6 Å². The molecule has 10 atom stereocenters. The molecule has 6 aliphatic rings. The summed E-state index contributed by atoms with van der Waals surface area (Å²) in [4.78, 5) is 34.3. The van der Waals surface area contributed by atoms with Gasteiger partial charge in [0.25, 0.3) is 0 Å². The van der Waals surface area contributed by atoms with Gasteiger partial charge in [-0.25, -0.2) is 4.98 Å². The molecule has 5 fully saturated rings. The number of rotatable bonds is 10. The van der Waals surface area contributed by atoms with Crippen molar-refractivity contribution in [2.24, 2.45) is 62.2 Å². The van der Waals surface area contributed by atoms with E-state index in [0.29, 0.717) is 42.2 Å². The highest BCUT2D eigenvalue weighted by atomic mass is 16.5. The van der Waals surface area contributed by atoms with Gasteiger partial charge in [0.05, 0.1) is 12.0 Å². The van der Waals surface area contributed by atoms with E-state index in [2.05, 4.69) is 71.6 Å². The number of allylic oxidation sites excluding steroid dienone is 2. The molecule has 350 valence electrons. The molecule has 10 unspecified atom stereocenters. The van der Waals surface area contributed by atoms with Gasteiger partial charge in [-0.1, -0.05) is 121 Å². The lowest BCUT2D eigenvalue weighted by Crippen LogP contribution is -2.61. The maximum absolute atomic E-state index is 14.1. The Balaban J connectivity index is 0.000000931. The number of carbonyl (C=O) groups is 2. The Kier molecular flexibility index (Phi) is 19.3. The van der Waals surface area contributed by atoms with Crippen LogP contribution in [0.1, 0.15) is 172 Å². The zero-order chi connectivity index (χ0) is 46.8. The molecule has 3 N–H and O–H groups in total. The number of Topliss-reactive ketones (excluding diaryl/α,β-unsaturated/α-hetero) is 1. The van der Waals surface area contributed by atoms with Crippen LogP contribution in [0.3, 0.4) is 0 Å². The lowest BCUT2D eigenvalue weighted by molar-refractivity contribution is -0.182. The molecular weight excluding hydrogens is 777 g/mol. The van der Waals surface area contributed by atoms with Crippen molar-refractivity contribution in [2.75, 3.05) is 14.2 Å². The molecule has 0 saturated heterocycles. The third-order valence-corrected chi connectivity index (χ3v) is 15.1. The molecule has 62 heavy (non-hydrogen) atoms. The first kappa shape index (κ1) is 53.0. The third kappa shape index (κ3) is 11.1. The highest BCUT2D eigenvalue weighted by Gasteiger charge is 2.66. The van der Waals surface area contributed by atoms with E-state index in [4.69, 9.17) is 14.6 Å². The number of carbonyl (C=O) groups excluding carboxylic acids is 2. The van der Waals surface area contributed by atoms with Gasteiger partial charge in [0, 0.05) is 37.8 Å². The van der Waals surface area contributed by atoms with Crippen molar-refractivity contribution in [1.82, 2.24) is 4.98 Å². The number of hydrogen-bond acceptors (Lipinski definition) is 9. The number of ketones is 1. The third-order valence-electron chi connectivity index (χ3n) is 15.1. The van der Waals surface area contributed by atoms with Crippen molar-refractivity contribution in [3.05, 3.63) is 54.1 Å². The van der Waals surface area contributed by atoms with E-state index in [9.17, 15) is 19.8 Å². The molecule has 1 aromatic rings. The summed E-state index contributed by atoms with van der Waals surface area (Å²) in [6.45, 7) is 32.1. The maximum Gasteiger partial charge on any atom is 0.219 e. The summed E-state index contributed by atoms with van der Waals surface area (Å²) >= 11 is 0. The number of aliphatic imine (C=N–C) groups is 1. The molecule has 5 saturated carbocycles. The van der Waals surface area contributed by atoms with Crippen LogP contribution in [0.15, 0.2) is 53.4 Å². The molecular formula is C53H86N2O7. The lowest BCUT2D eigenvalue weighted by Gasteiger charge is -2.67. The van der Waals surface area contributed by atoms with Crippen molar-refractivity contribution in [2.45, 2.75) is 178 Å². The SMILES string of the molecule is C1CC1.C=C(CC(C)(C)C=O)OC1CCC2(C)C(CCC3(C)C4CCC5(C(O)C(=NC)OC(=C)c6ccc(O)cn6)CC(=O)C(C(C)C)=C5C4CCC32)C1C.CC.CCC.CO. The number of aliphatic hydroxyl groups excluding tert-OH is 2. The molecule has 9 nitrogen and oxygen atoms in total. The van der Waals surface area contributed by atoms with E-state index >= 15 is 0 Å². The van der Waals surface area contributed by atoms with Gasteiger partial charge in [-0.2, -0.15) is 0 Å². The normalized spacial score (nSPS) is 32.4. The minimum absolute atomic E-state index is 0.0390. The molecule has 6 aliphatic carbocycles. The molecule has 1 heterocycles. The Labute approximate surface area is 376 Å². The highest BCUT2D eigenvalue weighted by Crippen LogP contribution is 2.72. The van der Waals surface area contributed by atoms with Gasteiger partial charge in [-0.3, -0.25) is 9.79 Å². The smallest absolute Gasteiger partial charge is 0.219 e. The van der Waals surface area contributed by atoms with Crippen molar-refractivity contribution < 1.29 is 34.4 Å². The number of ether oxygens (including phenoxy) is 2. The maximum atomic E-state index is 14.1. The number of aromatic hydroxyl groups is 1. The Morgan fingerprint density at radius 3 is 2.10 bits per heavy atom. The van der Waals surface area contributed by atoms with Gasteiger partial charge in [0.15, 0.2) is 5.78 Å². The Bertz CT molecular complexity index is 1730. The van der Waals surface area contributed by atoms with Crippen LogP contribution in [0.25, 0.3) is 5.76 Å². The Morgan fingerprint density at radius 2 is 1.56 bits per heavy atom. The summed E-state index contributed by atoms with van der Waals surface area (Å²) < 4.78 is 12.7. The monoisotopic (exact) mass is 863 g/mol. The summed E-state index contributed by atoms with van der Waals surface area (Å²) in [6.07, 6.45) is 16.1. The molecule has 9 heteroatoms. The fraction of sp³-hybridized carbons (Fsp3) is 0.736. The number of nitrogens with zero attached hydrogens (tertiary/aromatic N) is 2. The number of aliphatic hydroxyl groups is 2. The van der Waals surface area contributed by atoms with Crippen LogP contribution in [0.4, 0.5) is 0 Å². The van der Waals surface area contributed by atoms with Gasteiger partial charge in [0.2, 0.25) is 5.90 Å². The summed E-state index contributed by atoms with van der Waals surface area (Å²) in [7, 11) is 2.61. The molecule has 0 amide bonds. The van der Waals surface area contributed by atoms with Crippen LogP contribution >= 0.6 is 0 Å². The average molecular weight is 863 g/mol. The first-order valence-corrected chi connectivity index (χ1v) is 24.0. The van der Waals surface area contributed by atoms with Crippen LogP contribution in [-0.2, 0) is 19.1 Å². The summed E-state index contributed by atoms with van der Waals surface area (Å²) in [6, 6.07) is 3.13. The summed E-state index contributed by atoms with van der Waals surface area (Å²) in [5.74, 6) is 3.48. The zero-order valence-corrected chi connectivity index (χ0v) is 41.1. The van der Waals surface area contributed by atoms with Crippen molar-refractivity contribution in [3.63, 3.8) is 0 Å². The Hall–Kier alpha value is -3.30. The second kappa shape index (κ2) is 22.5. The van der Waals surface area contributed by atoms with Crippen LogP contribution < -0.4 is 0 Å². The minimum Gasteiger partial charge on any atom is -0.506 e. The first-order chi connectivity index (χ1) is 29.3.